The SMILES string of the molecule is COc1cc(CNC(=O)NC(c2ccccc2)c2ccccc2)ccc1OC(F)F. The molecule has 0 aliphatic heterocycles. The van der Waals surface area contributed by atoms with Crippen LogP contribution in [0.2, 0.25) is 0 Å². The first-order valence-corrected chi connectivity index (χ1v) is 9.33. The fourth-order valence-electron chi connectivity index (χ4n) is 3.03. The third-order valence-corrected chi connectivity index (χ3v) is 4.44. The van der Waals surface area contributed by atoms with Gasteiger partial charge in [0, 0.05) is 6.54 Å². The molecule has 0 aliphatic rings. The number of carbonyl (C=O) groups excluding carboxylic acids is 1. The van der Waals surface area contributed by atoms with Crippen LogP contribution in [0.3, 0.4) is 0 Å². The summed E-state index contributed by atoms with van der Waals surface area (Å²) in [4.78, 5) is 12.6. The summed E-state index contributed by atoms with van der Waals surface area (Å²) in [7, 11) is 1.36. The number of urea groups is 1. The van der Waals surface area contributed by atoms with Crippen molar-refractivity contribution in [3.63, 3.8) is 0 Å². The van der Waals surface area contributed by atoms with Crippen molar-refractivity contribution >= 4 is 6.03 Å². The molecule has 3 aromatic rings. The fraction of sp³-hybridized carbons (Fsp3) is 0.174. The number of halogens is 2. The second kappa shape index (κ2) is 10.2. The van der Waals surface area contributed by atoms with Gasteiger partial charge in [-0.3, -0.25) is 0 Å². The van der Waals surface area contributed by atoms with Crippen molar-refractivity contribution < 1.29 is 23.0 Å². The van der Waals surface area contributed by atoms with Gasteiger partial charge in [0.1, 0.15) is 0 Å². The molecule has 2 amide bonds. The fourth-order valence-corrected chi connectivity index (χ4v) is 3.03. The average molecular weight is 412 g/mol. The number of alkyl halides is 2. The Morgan fingerprint density at radius 3 is 2.03 bits per heavy atom. The average Bonchev–Trinajstić information content (AvgIpc) is 2.77. The molecule has 0 aliphatic carbocycles. The molecule has 0 heterocycles. The Morgan fingerprint density at radius 2 is 1.50 bits per heavy atom. The summed E-state index contributed by atoms with van der Waals surface area (Å²) in [5.41, 5.74) is 2.59. The maximum Gasteiger partial charge on any atom is 0.387 e. The number of methoxy groups -OCH3 is 1. The van der Waals surface area contributed by atoms with Crippen LogP contribution in [0.5, 0.6) is 11.5 Å². The zero-order chi connectivity index (χ0) is 21.3. The molecule has 2 N–H and O–H groups in total. The van der Waals surface area contributed by atoms with Gasteiger partial charge in [0.05, 0.1) is 13.2 Å². The highest BCUT2D eigenvalue weighted by atomic mass is 19.3. The molecule has 156 valence electrons. The summed E-state index contributed by atoms with van der Waals surface area (Å²) in [6, 6.07) is 23.1. The zero-order valence-corrected chi connectivity index (χ0v) is 16.3. The molecule has 5 nitrogen and oxygen atoms in total. The lowest BCUT2D eigenvalue weighted by Gasteiger charge is -2.20. The van der Waals surface area contributed by atoms with E-state index in [9.17, 15) is 13.6 Å². The molecule has 0 unspecified atom stereocenters. The van der Waals surface area contributed by atoms with Gasteiger partial charge >= 0.3 is 12.6 Å². The number of benzene rings is 3. The van der Waals surface area contributed by atoms with E-state index >= 15 is 0 Å². The predicted octanol–water partition coefficient (Wildman–Crippen LogP) is 4.89. The third-order valence-electron chi connectivity index (χ3n) is 4.44. The highest BCUT2D eigenvalue weighted by Gasteiger charge is 2.17. The third kappa shape index (κ3) is 5.70. The lowest BCUT2D eigenvalue weighted by atomic mass is 9.99. The Balaban J connectivity index is 1.68. The van der Waals surface area contributed by atoms with Crippen LogP contribution in [0.1, 0.15) is 22.7 Å². The summed E-state index contributed by atoms with van der Waals surface area (Å²) >= 11 is 0. The first kappa shape index (κ1) is 21.1. The first-order valence-electron chi connectivity index (χ1n) is 9.33. The number of amides is 2. The molecule has 0 atom stereocenters. The molecule has 0 spiro atoms. The Labute approximate surface area is 173 Å². The normalized spacial score (nSPS) is 10.7. The molecular weight excluding hydrogens is 390 g/mol. The smallest absolute Gasteiger partial charge is 0.387 e. The zero-order valence-electron chi connectivity index (χ0n) is 16.3. The maximum atomic E-state index is 12.6. The van der Waals surface area contributed by atoms with Gasteiger partial charge in [0.2, 0.25) is 0 Å². The minimum absolute atomic E-state index is 0.0612. The van der Waals surface area contributed by atoms with Gasteiger partial charge in [-0.25, -0.2) is 4.79 Å². The summed E-state index contributed by atoms with van der Waals surface area (Å²) < 4.78 is 34.4. The Hall–Kier alpha value is -3.61. The Morgan fingerprint density at radius 1 is 0.900 bits per heavy atom. The predicted molar refractivity (Wildman–Crippen MR) is 110 cm³/mol. The van der Waals surface area contributed by atoms with Crippen molar-refractivity contribution in [3.8, 4) is 11.5 Å². The van der Waals surface area contributed by atoms with E-state index in [0.29, 0.717) is 5.56 Å². The Bertz CT molecular complexity index is 914. The second-order valence-electron chi connectivity index (χ2n) is 6.45. The van der Waals surface area contributed by atoms with Gasteiger partial charge < -0.3 is 20.1 Å². The van der Waals surface area contributed by atoms with Gasteiger partial charge in [-0.05, 0) is 28.8 Å². The minimum atomic E-state index is -2.94. The van der Waals surface area contributed by atoms with Gasteiger partial charge in [0.15, 0.2) is 11.5 Å². The van der Waals surface area contributed by atoms with Crippen molar-refractivity contribution in [1.29, 1.82) is 0 Å². The van der Waals surface area contributed by atoms with E-state index in [-0.39, 0.29) is 30.1 Å². The number of ether oxygens (including phenoxy) is 2. The van der Waals surface area contributed by atoms with Crippen LogP contribution >= 0.6 is 0 Å². The molecule has 0 bridgehead atoms. The van der Waals surface area contributed by atoms with Crippen LogP contribution in [-0.2, 0) is 6.54 Å². The van der Waals surface area contributed by atoms with Crippen molar-refractivity contribution in [2.24, 2.45) is 0 Å². The standard InChI is InChI=1S/C23H22F2N2O3/c1-29-20-14-16(12-13-19(20)30-22(24)25)15-26-23(28)27-21(17-8-4-2-5-9-17)18-10-6-3-7-11-18/h2-14,21-22H,15H2,1H3,(H2,26,27,28). The molecule has 3 rings (SSSR count). The first-order chi connectivity index (χ1) is 14.6. The van der Waals surface area contributed by atoms with Crippen molar-refractivity contribution in [2.75, 3.05) is 7.11 Å². The van der Waals surface area contributed by atoms with E-state index in [1.807, 2.05) is 60.7 Å². The summed E-state index contributed by atoms with van der Waals surface area (Å²) in [6.45, 7) is -2.76. The maximum absolute atomic E-state index is 12.6. The van der Waals surface area contributed by atoms with Gasteiger partial charge in [0.25, 0.3) is 0 Å². The van der Waals surface area contributed by atoms with E-state index in [4.69, 9.17) is 4.74 Å². The molecular formula is C23H22F2N2O3. The minimum Gasteiger partial charge on any atom is -0.493 e. The topological polar surface area (TPSA) is 59.6 Å². The highest BCUT2D eigenvalue weighted by molar-refractivity contribution is 5.75. The van der Waals surface area contributed by atoms with E-state index in [0.717, 1.165) is 11.1 Å². The molecule has 0 saturated carbocycles. The number of hydrogen-bond acceptors (Lipinski definition) is 3. The molecule has 0 saturated heterocycles. The largest absolute Gasteiger partial charge is 0.493 e. The van der Waals surface area contributed by atoms with E-state index in [1.165, 1.54) is 13.2 Å². The van der Waals surface area contributed by atoms with Crippen LogP contribution in [0.25, 0.3) is 0 Å². The van der Waals surface area contributed by atoms with Crippen molar-refractivity contribution in [2.45, 2.75) is 19.2 Å². The highest BCUT2D eigenvalue weighted by Crippen LogP contribution is 2.29. The lowest BCUT2D eigenvalue weighted by molar-refractivity contribution is -0.0512. The summed E-state index contributed by atoms with van der Waals surface area (Å²) in [6.07, 6.45) is 0. The van der Waals surface area contributed by atoms with Crippen molar-refractivity contribution in [3.05, 3.63) is 95.6 Å². The van der Waals surface area contributed by atoms with E-state index < -0.39 is 6.61 Å². The monoisotopic (exact) mass is 412 g/mol. The lowest BCUT2D eigenvalue weighted by Crippen LogP contribution is -2.38. The second-order valence-corrected chi connectivity index (χ2v) is 6.45. The molecule has 0 radical (unpaired) electrons. The molecule has 0 aromatic heterocycles. The van der Waals surface area contributed by atoms with Gasteiger partial charge in [-0.2, -0.15) is 8.78 Å². The molecule has 7 heteroatoms. The van der Waals surface area contributed by atoms with Crippen molar-refractivity contribution in [1.82, 2.24) is 10.6 Å². The number of nitrogens with one attached hydrogen (secondary N) is 2. The van der Waals surface area contributed by atoms with E-state index in [2.05, 4.69) is 15.4 Å². The van der Waals surface area contributed by atoms with Crippen LogP contribution in [0.15, 0.2) is 78.9 Å². The number of rotatable bonds is 8. The Kier molecular flexibility index (Phi) is 7.21. The van der Waals surface area contributed by atoms with Gasteiger partial charge in [-0.15, -0.1) is 0 Å². The van der Waals surface area contributed by atoms with Crippen LogP contribution in [0, 0.1) is 0 Å². The molecule has 30 heavy (non-hydrogen) atoms. The summed E-state index contributed by atoms with van der Waals surface area (Å²) in [5.74, 6) is 0.107. The quantitative estimate of drug-likeness (QED) is 0.554. The van der Waals surface area contributed by atoms with Gasteiger partial charge in [-0.1, -0.05) is 66.7 Å². The number of hydrogen-bond donors (Lipinski definition) is 2. The van der Waals surface area contributed by atoms with Crippen LogP contribution in [0.4, 0.5) is 13.6 Å². The van der Waals surface area contributed by atoms with Crippen LogP contribution < -0.4 is 20.1 Å². The summed E-state index contributed by atoms with van der Waals surface area (Å²) in [5, 5.41) is 5.77. The molecule has 0 fully saturated rings. The number of carbonyl (C=O) groups is 1. The molecule has 3 aromatic carbocycles. The van der Waals surface area contributed by atoms with E-state index in [1.54, 1.807) is 12.1 Å². The van der Waals surface area contributed by atoms with Crippen LogP contribution in [-0.4, -0.2) is 19.8 Å².